The molecule has 1 aliphatic rings. The van der Waals surface area contributed by atoms with Crippen molar-refractivity contribution in [1.29, 1.82) is 0 Å². The third kappa shape index (κ3) is 3.28. The molecule has 0 spiro atoms. The van der Waals surface area contributed by atoms with E-state index >= 15 is 0 Å². The molecule has 0 amide bonds. The highest BCUT2D eigenvalue weighted by atomic mass is 32.2. The van der Waals surface area contributed by atoms with Gasteiger partial charge in [0, 0.05) is 11.3 Å². The summed E-state index contributed by atoms with van der Waals surface area (Å²) in [7, 11) is 1.74. The summed E-state index contributed by atoms with van der Waals surface area (Å²) in [5.74, 6) is 0.957. The average Bonchev–Trinajstić information content (AvgIpc) is 3.12. The van der Waals surface area contributed by atoms with Crippen molar-refractivity contribution in [1.82, 2.24) is 5.32 Å². The Bertz CT molecular complexity index is 582. The number of thioether (sulfide) groups is 1. The maximum atomic E-state index is 5.40. The van der Waals surface area contributed by atoms with Crippen molar-refractivity contribution < 1.29 is 4.74 Å². The zero-order chi connectivity index (χ0) is 14.7. The lowest BCUT2D eigenvalue weighted by molar-refractivity contribution is 0.413. The van der Waals surface area contributed by atoms with Crippen molar-refractivity contribution in [2.45, 2.75) is 35.3 Å². The van der Waals surface area contributed by atoms with E-state index in [9.17, 15) is 0 Å². The van der Waals surface area contributed by atoms with Gasteiger partial charge in [0.05, 0.1) is 11.3 Å². The number of methoxy groups -OCH3 is 1. The minimum absolute atomic E-state index is 0.419. The Morgan fingerprint density at radius 3 is 3.00 bits per heavy atom. The van der Waals surface area contributed by atoms with Crippen LogP contribution in [0.5, 0.6) is 5.75 Å². The van der Waals surface area contributed by atoms with E-state index < -0.39 is 0 Å². The lowest BCUT2D eigenvalue weighted by Crippen LogP contribution is -2.27. The second-order valence-electron chi connectivity index (χ2n) is 5.29. The Labute approximate surface area is 134 Å². The van der Waals surface area contributed by atoms with Crippen molar-refractivity contribution in [3.63, 3.8) is 0 Å². The van der Waals surface area contributed by atoms with Crippen LogP contribution in [0.2, 0.25) is 0 Å². The molecule has 1 N–H and O–H groups in total. The molecule has 1 heterocycles. The fraction of sp³-hybridized carbons (Fsp3) is 0.412. The van der Waals surface area contributed by atoms with Crippen molar-refractivity contribution >= 4 is 23.1 Å². The van der Waals surface area contributed by atoms with Gasteiger partial charge in [-0.05, 0) is 54.1 Å². The molecule has 0 radical (unpaired) electrons. The zero-order valence-electron chi connectivity index (χ0n) is 12.5. The molecule has 0 bridgehead atoms. The summed E-state index contributed by atoms with van der Waals surface area (Å²) in [4.78, 5) is 0. The maximum Gasteiger partial charge on any atom is 0.119 e. The number of rotatable bonds is 6. The number of thiophene rings is 1. The molecule has 112 valence electrons. The maximum absolute atomic E-state index is 5.40. The Balaban J connectivity index is 1.84. The third-order valence-electron chi connectivity index (χ3n) is 3.86. The number of benzene rings is 1. The summed E-state index contributed by atoms with van der Waals surface area (Å²) in [6.07, 6.45) is 2.29. The molecule has 2 nitrogen and oxygen atoms in total. The topological polar surface area (TPSA) is 21.3 Å². The van der Waals surface area contributed by atoms with Gasteiger partial charge < -0.3 is 10.1 Å². The number of fused-ring (bicyclic) bond motifs is 1. The summed E-state index contributed by atoms with van der Waals surface area (Å²) >= 11 is 3.83. The molecule has 2 atom stereocenters. The van der Waals surface area contributed by atoms with Gasteiger partial charge in [-0.2, -0.15) is 0 Å². The van der Waals surface area contributed by atoms with Crippen LogP contribution in [0.4, 0.5) is 0 Å². The van der Waals surface area contributed by atoms with Gasteiger partial charge in [-0.25, -0.2) is 0 Å². The van der Waals surface area contributed by atoms with Crippen LogP contribution in [0.3, 0.4) is 0 Å². The molecule has 3 rings (SSSR count). The van der Waals surface area contributed by atoms with Crippen molar-refractivity contribution in [3.8, 4) is 5.75 Å². The second kappa shape index (κ2) is 6.86. The smallest absolute Gasteiger partial charge is 0.119 e. The number of hydrogen-bond acceptors (Lipinski definition) is 4. The largest absolute Gasteiger partial charge is 0.497 e. The van der Waals surface area contributed by atoms with Gasteiger partial charge in [-0.1, -0.05) is 19.1 Å². The number of ether oxygens (including phenoxy) is 1. The summed E-state index contributed by atoms with van der Waals surface area (Å²) in [6.45, 7) is 3.28. The monoisotopic (exact) mass is 319 g/mol. The summed E-state index contributed by atoms with van der Waals surface area (Å²) in [6, 6.07) is 11.3. The molecule has 4 heteroatoms. The van der Waals surface area contributed by atoms with Crippen molar-refractivity contribution in [2.75, 3.05) is 13.7 Å². The molecule has 2 aromatic rings. The molecule has 1 aliphatic carbocycles. The lowest BCUT2D eigenvalue weighted by atomic mass is 10.1. The standard InChI is InChI=1S/C17H21NOS2/c1-3-8-18-17-14-11-13(19-2)7-6-12(14)10-15(17)21-16-5-4-9-20-16/h4-7,9,11,15,17-18H,3,8,10H2,1-2H3. The van der Waals surface area contributed by atoms with Crippen LogP contribution in [0.15, 0.2) is 39.9 Å². The molecule has 0 aliphatic heterocycles. The molecule has 21 heavy (non-hydrogen) atoms. The number of nitrogens with one attached hydrogen (secondary N) is 1. The van der Waals surface area contributed by atoms with Crippen LogP contribution in [-0.2, 0) is 6.42 Å². The van der Waals surface area contributed by atoms with Crippen LogP contribution in [0.1, 0.15) is 30.5 Å². The molecule has 0 saturated carbocycles. The normalized spacial score (nSPS) is 20.5. The van der Waals surface area contributed by atoms with Crippen LogP contribution in [-0.4, -0.2) is 18.9 Å². The van der Waals surface area contributed by atoms with E-state index in [0.717, 1.165) is 25.1 Å². The fourth-order valence-corrected chi connectivity index (χ4v) is 5.15. The van der Waals surface area contributed by atoms with Gasteiger partial charge >= 0.3 is 0 Å². The van der Waals surface area contributed by atoms with Crippen molar-refractivity contribution in [3.05, 3.63) is 46.8 Å². The average molecular weight is 319 g/mol. The van der Waals surface area contributed by atoms with Gasteiger partial charge in [0.15, 0.2) is 0 Å². The molecule has 1 aromatic carbocycles. The summed E-state index contributed by atoms with van der Waals surface area (Å²) < 4.78 is 6.81. The van der Waals surface area contributed by atoms with Gasteiger partial charge in [0.1, 0.15) is 5.75 Å². The molecular weight excluding hydrogens is 298 g/mol. The third-order valence-corrected chi connectivity index (χ3v) is 6.21. The van der Waals surface area contributed by atoms with E-state index in [-0.39, 0.29) is 0 Å². The molecule has 1 aromatic heterocycles. The first-order valence-corrected chi connectivity index (χ1v) is 9.18. The van der Waals surface area contributed by atoms with E-state index in [0.29, 0.717) is 11.3 Å². The van der Waals surface area contributed by atoms with Gasteiger partial charge in [0.25, 0.3) is 0 Å². The van der Waals surface area contributed by atoms with Gasteiger partial charge in [-0.3, -0.25) is 0 Å². The highest BCUT2D eigenvalue weighted by Crippen LogP contribution is 2.43. The Kier molecular flexibility index (Phi) is 4.88. The first-order valence-electron chi connectivity index (χ1n) is 7.42. The van der Waals surface area contributed by atoms with E-state index in [1.54, 1.807) is 7.11 Å². The number of hydrogen-bond donors (Lipinski definition) is 1. The quantitative estimate of drug-likeness (QED) is 0.846. The van der Waals surface area contributed by atoms with E-state index in [1.807, 2.05) is 23.1 Å². The van der Waals surface area contributed by atoms with Crippen LogP contribution >= 0.6 is 23.1 Å². The molecule has 0 saturated heterocycles. The van der Waals surface area contributed by atoms with Gasteiger partial charge in [-0.15, -0.1) is 23.1 Å². The summed E-state index contributed by atoms with van der Waals surface area (Å²) in [5.41, 5.74) is 2.87. The van der Waals surface area contributed by atoms with E-state index in [4.69, 9.17) is 4.74 Å². The predicted molar refractivity (Wildman–Crippen MR) is 91.7 cm³/mol. The highest BCUT2D eigenvalue weighted by molar-refractivity contribution is 8.01. The summed E-state index contributed by atoms with van der Waals surface area (Å²) in [5, 5.41) is 6.45. The molecule has 0 fully saturated rings. The van der Waals surface area contributed by atoms with Crippen LogP contribution in [0.25, 0.3) is 0 Å². The first kappa shape index (κ1) is 14.9. The van der Waals surface area contributed by atoms with Crippen LogP contribution in [0, 0.1) is 0 Å². The van der Waals surface area contributed by atoms with Crippen molar-refractivity contribution in [2.24, 2.45) is 0 Å². The van der Waals surface area contributed by atoms with Gasteiger partial charge in [0.2, 0.25) is 0 Å². The Hall–Kier alpha value is -0.970. The Morgan fingerprint density at radius 2 is 2.29 bits per heavy atom. The highest BCUT2D eigenvalue weighted by Gasteiger charge is 2.33. The zero-order valence-corrected chi connectivity index (χ0v) is 14.1. The minimum atomic E-state index is 0.419. The van der Waals surface area contributed by atoms with E-state index in [2.05, 4.69) is 48.0 Å². The predicted octanol–water partition coefficient (Wildman–Crippen LogP) is 4.51. The van der Waals surface area contributed by atoms with E-state index in [1.165, 1.54) is 15.3 Å². The first-order chi connectivity index (χ1) is 10.3. The minimum Gasteiger partial charge on any atom is -0.497 e. The molecule has 2 unspecified atom stereocenters. The lowest BCUT2D eigenvalue weighted by Gasteiger charge is -2.21. The SMILES string of the molecule is CCCNC1c2cc(OC)ccc2CC1Sc1cccs1. The fourth-order valence-electron chi connectivity index (χ4n) is 2.84. The molecular formula is C17H21NOS2. The van der Waals surface area contributed by atoms with Crippen LogP contribution < -0.4 is 10.1 Å². The second-order valence-corrected chi connectivity index (χ2v) is 7.78. The Morgan fingerprint density at radius 1 is 1.38 bits per heavy atom.